The Kier molecular flexibility index (Phi) is 5.56. The highest BCUT2D eigenvalue weighted by Gasteiger charge is 2.10. The minimum atomic E-state index is -0.432. The number of hydrogen-bond acceptors (Lipinski definition) is 3. The lowest BCUT2D eigenvalue weighted by atomic mass is 10.2. The van der Waals surface area contributed by atoms with Crippen LogP contribution in [0.2, 0.25) is 0 Å². The first-order valence-corrected chi connectivity index (χ1v) is 7.26. The van der Waals surface area contributed by atoms with Crippen LogP contribution in [-0.4, -0.2) is 18.4 Å². The van der Waals surface area contributed by atoms with E-state index in [9.17, 15) is 9.59 Å². The molecule has 0 aliphatic rings. The molecule has 108 valence electrons. The van der Waals surface area contributed by atoms with E-state index < -0.39 is 5.91 Å². The van der Waals surface area contributed by atoms with Gasteiger partial charge in [0.05, 0.1) is 5.56 Å². The number of ether oxygens (including phenoxy) is 1. The fraction of sp³-hybridized carbons (Fsp3) is 0.0667. The van der Waals surface area contributed by atoms with Crippen molar-refractivity contribution >= 4 is 34.4 Å². The number of carbonyl (C=O) groups is 2. The average Bonchev–Trinajstić information content (AvgIpc) is 2.52. The molecule has 2 aromatic rings. The standard InChI is InChI=1S/C15H13IN2O3/c16-13-9-5-4-8-12(13)15(20)18-17-14(19)10-21-11-6-2-1-3-7-11/h1-9H,10H2,(H,17,19)(H,18,20). The molecule has 0 fully saturated rings. The molecular formula is C15H13IN2O3. The maximum atomic E-state index is 11.9. The largest absolute Gasteiger partial charge is 0.484 e. The summed E-state index contributed by atoms with van der Waals surface area (Å²) in [7, 11) is 0. The summed E-state index contributed by atoms with van der Waals surface area (Å²) in [5, 5.41) is 0. The number of hydrazine groups is 1. The molecule has 0 aliphatic carbocycles. The first-order chi connectivity index (χ1) is 10.2. The molecule has 0 unspecified atom stereocenters. The normalized spacial score (nSPS) is 9.76. The second-order valence-electron chi connectivity index (χ2n) is 4.08. The van der Waals surface area contributed by atoms with Crippen molar-refractivity contribution < 1.29 is 14.3 Å². The fourth-order valence-corrected chi connectivity index (χ4v) is 2.17. The van der Waals surface area contributed by atoms with Crippen molar-refractivity contribution in [1.29, 1.82) is 0 Å². The van der Waals surface area contributed by atoms with Crippen LogP contribution in [0.4, 0.5) is 0 Å². The zero-order valence-electron chi connectivity index (χ0n) is 11.0. The molecule has 0 saturated heterocycles. The Balaban J connectivity index is 1.79. The number of benzene rings is 2. The third-order valence-electron chi connectivity index (χ3n) is 2.55. The van der Waals surface area contributed by atoms with Crippen LogP contribution >= 0.6 is 22.6 Å². The monoisotopic (exact) mass is 396 g/mol. The van der Waals surface area contributed by atoms with E-state index in [0.717, 1.165) is 3.57 Å². The predicted octanol–water partition coefficient (Wildman–Crippen LogP) is 2.13. The minimum absolute atomic E-state index is 0.170. The lowest BCUT2D eigenvalue weighted by molar-refractivity contribution is -0.123. The van der Waals surface area contributed by atoms with Gasteiger partial charge in [-0.05, 0) is 46.9 Å². The smallest absolute Gasteiger partial charge is 0.276 e. The van der Waals surface area contributed by atoms with Gasteiger partial charge in [0.2, 0.25) is 0 Å². The summed E-state index contributed by atoms with van der Waals surface area (Å²) in [6, 6.07) is 16.1. The molecule has 0 aromatic heterocycles. The maximum absolute atomic E-state index is 11.9. The predicted molar refractivity (Wildman–Crippen MR) is 86.7 cm³/mol. The van der Waals surface area contributed by atoms with Crippen LogP contribution in [0.15, 0.2) is 54.6 Å². The highest BCUT2D eigenvalue weighted by molar-refractivity contribution is 14.1. The maximum Gasteiger partial charge on any atom is 0.276 e. The number of carbonyl (C=O) groups excluding carboxylic acids is 2. The van der Waals surface area contributed by atoms with Crippen molar-refractivity contribution in [1.82, 2.24) is 10.9 Å². The van der Waals surface area contributed by atoms with Gasteiger partial charge in [-0.15, -0.1) is 0 Å². The fourth-order valence-electron chi connectivity index (χ4n) is 1.54. The molecule has 21 heavy (non-hydrogen) atoms. The van der Waals surface area contributed by atoms with Crippen LogP contribution in [0.25, 0.3) is 0 Å². The third kappa shape index (κ3) is 4.75. The van der Waals surface area contributed by atoms with Crippen LogP contribution in [0, 0.1) is 3.57 Å². The first-order valence-electron chi connectivity index (χ1n) is 6.18. The van der Waals surface area contributed by atoms with E-state index in [2.05, 4.69) is 33.4 Å². The van der Waals surface area contributed by atoms with Gasteiger partial charge in [0.1, 0.15) is 5.75 Å². The number of amides is 2. The van der Waals surface area contributed by atoms with Gasteiger partial charge in [0, 0.05) is 3.57 Å². The van der Waals surface area contributed by atoms with E-state index in [0.29, 0.717) is 11.3 Å². The Morgan fingerprint density at radius 2 is 1.62 bits per heavy atom. The molecule has 6 heteroatoms. The Hall–Kier alpha value is -2.09. The Morgan fingerprint density at radius 1 is 0.952 bits per heavy atom. The Labute approximate surface area is 135 Å². The van der Waals surface area contributed by atoms with E-state index in [4.69, 9.17) is 4.74 Å². The van der Waals surface area contributed by atoms with Crippen molar-refractivity contribution in [3.63, 3.8) is 0 Å². The van der Waals surface area contributed by atoms with Crippen LogP contribution in [0.1, 0.15) is 10.4 Å². The highest BCUT2D eigenvalue weighted by Crippen LogP contribution is 2.10. The van der Waals surface area contributed by atoms with E-state index in [1.54, 1.807) is 24.3 Å². The van der Waals surface area contributed by atoms with Gasteiger partial charge in [-0.25, -0.2) is 0 Å². The summed E-state index contributed by atoms with van der Waals surface area (Å²) >= 11 is 2.06. The second kappa shape index (κ2) is 7.63. The number of halogens is 1. The van der Waals surface area contributed by atoms with Crippen LogP contribution in [0.3, 0.4) is 0 Å². The van der Waals surface area contributed by atoms with Crippen molar-refractivity contribution in [3.05, 3.63) is 63.7 Å². The van der Waals surface area contributed by atoms with Gasteiger partial charge < -0.3 is 4.74 Å². The summed E-state index contributed by atoms with van der Waals surface area (Å²) < 4.78 is 6.07. The van der Waals surface area contributed by atoms with Gasteiger partial charge >= 0.3 is 0 Å². The van der Waals surface area contributed by atoms with Crippen LogP contribution in [-0.2, 0) is 4.79 Å². The quantitative estimate of drug-likeness (QED) is 0.615. The molecule has 2 N–H and O–H groups in total. The van der Waals surface area contributed by atoms with Crippen molar-refractivity contribution in [2.24, 2.45) is 0 Å². The zero-order valence-corrected chi connectivity index (χ0v) is 13.2. The van der Waals surface area contributed by atoms with Crippen molar-refractivity contribution in [3.8, 4) is 5.75 Å². The second-order valence-corrected chi connectivity index (χ2v) is 5.25. The molecule has 5 nitrogen and oxygen atoms in total. The molecule has 2 amide bonds. The molecule has 0 bridgehead atoms. The highest BCUT2D eigenvalue weighted by atomic mass is 127. The number of para-hydroxylation sites is 1. The summed E-state index contributed by atoms with van der Waals surface area (Å²) in [5.74, 6) is -0.206. The summed E-state index contributed by atoms with van der Waals surface area (Å²) in [4.78, 5) is 23.5. The lowest BCUT2D eigenvalue weighted by Gasteiger charge is -2.09. The first kappa shape index (κ1) is 15.3. The summed E-state index contributed by atoms with van der Waals surface area (Å²) in [6.07, 6.45) is 0. The SMILES string of the molecule is O=C(COc1ccccc1)NNC(=O)c1ccccc1I. The van der Waals surface area contributed by atoms with Gasteiger partial charge in [-0.2, -0.15) is 0 Å². The molecule has 0 atom stereocenters. The number of nitrogens with one attached hydrogen (secondary N) is 2. The molecule has 0 radical (unpaired) electrons. The van der Waals surface area contributed by atoms with Gasteiger partial charge in [0.15, 0.2) is 6.61 Å². The Morgan fingerprint density at radius 3 is 2.33 bits per heavy atom. The molecule has 0 spiro atoms. The van der Waals surface area contributed by atoms with Crippen LogP contribution in [0.5, 0.6) is 5.75 Å². The minimum Gasteiger partial charge on any atom is -0.484 e. The van der Waals surface area contributed by atoms with E-state index >= 15 is 0 Å². The molecule has 0 heterocycles. The number of rotatable bonds is 4. The third-order valence-corrected chi connectivity index (χ3v) is 3.49. The molecule has 0 aliphatic heterocycles. The summed E-state index contributed by atoms with van der Waals surface area (Å²) in [5.41, 5.74) is 5.17. The zero-order chi connectivity index (χ0) is 15.1. The Bertz CT molecular complexity index is 632. The molecule has 2 aromatic carbocycles. The molecule has 0 saturated carbocycles. The van der Waals surface area contributed by atoms with Crippen molar-refractivity contribution in [2.45, 2.75) is 0 Å². The lowest BCUT2D eigenvalue weighted by Crippen LogP contribution is -2.44. The summed E-state index contributed by atoms with van der Waals surface area (Å²) in [6.45, 7) is -0.170. The van der Waals surface area contributed by atoms with Gasteiger partial charge in [0.25, 0.3) is 11.8 Å². The topological polar surface area (TPSA) is 67.4 Å². The van der Waals surface area contributed by atoms with E-state index in [-0.39, 0.29) is 12.5 Å². The van der Waals surface area contributed by atoms with Crippen LogP contribution < -0.4 is 15.6 Å². The van der Waals surface area contributed by atoms with E-state index in [1.165, 1.54) is 0 Å². The van der Waals surface area contributed by atoms with Gasteiger partial charge in [-0.1, -0.05) is 30.3 Å². The average molecular weight is 396 g/mol. The van der Waals surface area contributed by atoms with Crippen molar-refractivity contribution in [2.75, 3.05) is 6.61 Å². The van der Waals surface area contributed by atoms with E-state index in [1.807, 2.05) is 30.3 Å². The number of hydrogen-bond donors (Lipinski definition) is 2. The van der Waals surface area contributed by atoms with Gasteiger partial charge in [-0.3, -0.25) is 20.4 Å². The molecular weight excluding hydrogens is 383 g/mol. The molecule has 2 rings (SSSR count).